The molecule has 26 heavy (non-hydrogen) atoms. The molecular weight excluding hydrogens is 437 g/mol. The van der Waals surface area contributed by atoms with Crippen molar-refractivity contribution in [2.45, 2.75) is 31.0 Å². The van der Waals surface area contributed by atoms with Crippen LogP contribution in [0.25, 0.3) is 10.8 Å². The van der Waals surface area contributed by atoms with E-state index in [1.165, 1.54) is 6.07 Å². The first-order valence-corrected chi connectivity index (χ1v) is 9.40. The highest BCUT2D eigenvalue weighted by atomic mass is 79.9. The minimum atomic E-state index is -1.00. The molecule has 2 aliphatic rings. The quantitative estimate of drug-likeness (QED) is 0.563. The van der Waals surface area contributed by atoms with Gasteiger partial charge in [0.15, 0.2) is 11.7 Å². The lowest BCUT2D eigenvalue weighted by molar-refractivity contribution is 0.110. The van der Waals surface area contributed by atoms with Gasteiger partial charge in [0.2, 0.25) is 0 Å². The average Bonchev–Trinajstić information content (AvgIpc) is 3.11. The van der Waals surface area contributed by atoms with Crippen LogP contribution in [0.5, 0.6) is 5.88 Å². The molecule has 0 spiro atoms. The molecule has 3 heterocycles. The van der Waals surface area contributed by atoms with Crippen LogP contribution < -0.4 is 10.3 Å². The third-order valence-corrected chi connectivity index (χ3v) is 6.63. The molecule has 0 bridgehead atoms. The number of H-pyrrole nitrogens is 1. The fraction of sp³-hybridized carbons (Fsp3) is 0.471. The molecular formula is C17H15BrClF3N2O2. The van der Waals surface area contributed by atoms with Gasteiger partial charge in [-0.3, -0.25) is 14.7 Å². The molecule has 2 saturated heterocycles. The van der Waals surface area contributed by atoms with Crippen LogP contribution in [0, 0.1) is 11.6 Å². The normalized spacial score (nSPS) is 25.8. The Labute approximate surface area is 160 Å². The minimum absolute atomic E-state index is 0.0126. The predicted molar refractivity (Wildman–Crippen MR) is 95.7 cm³/mol. The molecule has 2 aliphatic heterocycles. The van der Waals surface area contributed by atoms with Gasteiger partial charge in [-0.15, -0.1) is 0 Å². The van der Waals surface area contributed by atoms with Gasteiger partial charge in [-0.1, -0.05) is 11.6 Å². The second-order valence-corrected chi connectivity index (χ2v) is 8.04. The molecule has 1 aromatic carbocycles. The summed E-state index contributed by atoms with van der Waals surface area (Å²) in [6.45, 7) is 1.36. The number of nitrogens with one attached hydrogen (secondary N) is 1. The van der Waals surface area contributed by atoms with E-state index in [1.807, 2.05) is 0 Å². The number of pyridine rings is 1. The second-order valence-electron chi connectivity index (χ2n) is 6.87. The zero-order valence-electron chi connectivity index (χ0n) is 13.6. The van der Waals surface area contributed by atoms with Crippen molar-refractivity contribution in [3.63, 3.8) is 0 Å². The first-order chi connectivity index (χ1) is 12.3. The molecule has 0 amide bonds. The van der Waals surface area contributed by atoms with E-state index in [2.05, 4.69) is 25.8 Å². The molecule has 4 rings (SSSR count). The number of fused-ring (bicyclic) bond motifs is 2. The third-order valence-electron chi connectivity index (χ3n) is 5.30. The Balaban J connectivity index is 1.69. The molecule has 0 saturated carbocycles. The van der Waals surface area contributed by atoms with E-state index in [9.17, 15) is 18.0 Å². The summed E-state index contributed by atoms with van der Waals surface area (Å²) in [5.41, 5.74) is -1.24. The Morgan fingerprint density at radius 2 is 2.19 bits per heavy atom. The van der Waals surface area contributed by atoms with E-state index in [0.29, 0.717) is 13.0 Å². The summed E-state index contributed by atoms with van der Waals surface area (Å²) in [4.78, 5) is 16.7. The van der Waals surface area contributed by atoms with Gasteiger partial charge in [-0.2, -0.15) is 0 Å². The van der Waals surface area contributed by atoms with Crippen LogP contribution in [0.4, 0.5) is 13.2 Å². The van der Waals surface area contributed by atoms with Crippen molar-refractivity contribution in [2.75, 3.05) is 19.7 Å². The number of ether oxygens (including phenoxy) is 1. The van der Waals surface area contributed by atoms with Crippen LogP contribution in [0.2, 0.25) is 5.02 Å². The number of halogens is 5. The van der Waals surface area contributed by atoms with Gasteiger partial charge in [0, 0.05) is 24.4 Å². The van der Waals surface area contributed by atoms with Gasteiger partial charge in [0.05, 0.1) is 20.4 Å². The zero-order valence-corrected chi connectivity index (χ0v) is 15.9. The van der Waals surface area contributed by atoms with Crippen molar-refractivity contribution >= 4 is 38.3 Å². The van der Waals surface area contributed by atoms with Crippen LogP contribution in [-0.2, 0) is 0 Å². The van der Waals surface area contributed by atoms with Crippen LogP contribution in [0.15, 0.2) is 15.3 Å². The molecule has 9 heteroatoms. The largest absolute Gasteiger partial charge is 0.477 e. The average molecular weight is 452 g/mol. The molecule has 0 unspecified atom stereocenters. The summed E-state index contributed by atoms with van der Waals surface area (Å²) in [7, 11) is 0. The van der Waals surface area contributed by atoms with Crippen LogP contribution in [0.1, 0.15) is 19.3 Å². The van der Waals surface area contributed by atoms with Gasteiger partial charge in [0.25, 0.3) is 5.56 Å². The van der Waals surface area contributed by atoms with Crippen molar-refractivity contribution in [3.8, 4) is 5.88 Å². The molecule has 2 atom stereocenters. The Hall–Kier alpha value is -1.25. The van der Waals surface area contributed by atoms with E-state index >= 15 is 0 Å². The van der Waals surface area contributed by atoms with Crippen LogP contribution in [0.3, 0.4) is 0 Å². The maximum atomic E-state index is 14.4. The summed E-state index contributed by atoms with van der Waals surface area (Å²) in [6, 6.07) is 1.23. The van der Waals surface area contributed by atoms with Gasteiger partial charge >= 0.3 is 0 Å². The molecule has 2 fully saturated rings. The number of alkyl halides is 1. The Kier molecular flexibility index (Phi) is 4.48. The number of nitrogens with zero attached hydrogens (tertiary/aromatic N) is 1. The number of benzene rings is 1. The van der Waals surface area contributed by atoms with E-state index in [0.717, 1.165) is 19.4 Å². The zero-order chi connectivity index (χ0) is 18.6. The predicted octanol–water partition coefficient (Wildman–Crippen LogP) is 4.18. The number of rotatable bonds is 3. The highest BCUT2D eigenvalue weighted by Crippen LogP contribution is 2.40. The summed E-state index contributed by atoms with van der Waals surface area (Å²) in [6.07, 6.45) is 1.22. The van der Waals surface area contributed by atoms with Crippen LogP contribution in [-0.4, -0.2) is 41.3 Å². The fourth-order valence-corrected chi connectivity index (χ4v) is 4.65. The lowest BCUT2D eigenvalue weighted by Crippen LogP contribution is -2.43. The van der Waals surface area contributed by atoms with E-state index < -0.39 is 39.3 Å². The third kappa shape index (κ3) is 2.73. The lowest BCUT2D eigenvalue weighted by atomic mass is 9.95. The van der Waals surface area contributed by atoms with Crippen molar-refractivity contribution < 1.29 is 17.9 Å². The maximum Gasteiger partial charge on any atom is 0.261 e. The SMILES string of the molecule is O=c1[nH]c(OC[C@@]23CCCN2C[C@H](F)C3)cc2c(F)c(Br)c(Cl)c(F)c12. The first-order valence-electron chi connectivity index (χ1n) is 8.23. The molecule has 2 aromatic rings. The second kappa shape index (κ2) is 6.42. The summed E-state index contributed by atoms with van der Waals surface area (Å²) >= 11 is 8.59. The van der Waals surface area contributed by atoms with Crippen molar-refractivity contribution in [1.29, 1.82) is 0 Å². The summed E-state index contributed by atoms with van der Waals surface area (Å²) < 4.78 is 47.9. The molecule has 0 aliphatic carbocycles. The standard InChI is InChI=1S/C17H15BrClF3N2O2/c18-12-13(19)15(22)11-9(14(12)21)4-10(23-16(11)25)26-7-17-2-1-3-24(17)6-8(20)5-17/h4,8H,1-3,5-7H2,(H,23,25)/t8-,17+/m1/s1. The fourth-order valence-electron chi connectivity index (χ4n) is 4.09. The number of aromatic amines is 1. The number of hydrogen-bond donors (Lipinski definition) is 1. The van der Waals surface area contributed by atoms with Gasteiger partial charge < -0.3 is 4.74 Å². The molecule has 140 valence electrons. The highest BCUT2D eigenvalue weighted by Gasteiger charge is 2.49. The van der Waals surface area contributed by atoms with E-state index in [4.69, 9.17) is 16.3 Å². The summed E-state index contributed by atoms with van der Waals surface area (Å²) in [5, 5.41) is -1.18. The Bertz CT molecular complexity index is 954. The molecule has 1 aromatic heterocycles. The number of aromatic nitrogens is 1. The highest BCUT2D eigenvalue weighted by molar-refractivity contribution is 9.10. The van der Waals surface area contributed by atoms with E-state index in [-0.39, 0.29) is 22.3 Å². The maximum absolute atomic E-state index is 14.4. The Morgan fingerprint density at radius 1 is 1.42 bits per heavy atom. The van der Waals surface area contributed by atoms with Crippen LogP contribution >= 0.6 is 27.5 Å². The Morgan fingerprint density at radius 3 is 2.96 bits per heavy atom. The topological polar surface area (TPSA) is 45.3 Å². The molecule has 4 nitrogen and oxygen atoms in total. The van der Waals surface area contributed by atoms with Crippen molar-refractivity contribution in [2.24, 2.45) is 0 Å². The van der Waals surface area contributed by atoms with Gasteiger partial charge in [-0.25, -0.2) is 13.2 Å². The lowest BCUT2D eigenvalue weighted by Gasteiger charge is -2.31. The molecule has 1 N–H and O–H groups in total. The van der Waals surface area contributed by atoms with E-state index in [1.54, 1.807) is 0 Å². The van der Waals surface area contributed by atoms with Gasteiger partial charge in [-0.05, 0) is 35.3 Å². The first kappa shape index (κ1) is 18.1. The smallest absolute Gasteiger partial charge is 0.261 e. The van der Waals surface area contributed by atoms with Crippen molar-refractivity contribution in [1.82, 2.24) is 9.88 Å². The monoisotopic (exact) mass is 450 g/mol. The van der Waals surface area contributed by atoms with Gasteiger partial charge in [0.1, 0.15) is 18.6 Å². The number of hydrogen-bond acceptors (Lipinski definition) is 3. The van der Waals surface area contributed by atoms with Crippen molar-refractivity contribution in [3.05, 3.63) is 37.5 Å². The summed E-state index contributed by atoms with van der Waals surface area (Å²) in [5.74, 6) is -1.83. The minimum Gasteiger partial charge on any atom is -0.477 e. The molecule has 0 radical (unpaired) electrons.